The first-order chi connectivity index (χ1) is 14.1. The third-order valence-electron chi connectivity index (χ3n) is 5.54. The molecule has 0 radical (unpaired) electrons. The first-order valence-corrected chi connectivity index (χ1v) is 13.9. The molecule has 7 nitrogen and oxygen atoms in total. The zero-order chi connectivity index (χ0) is 21.9. The van der Waals surface area contributed by atoms with E-state index in [1.54, 1.807) is 48.3 Å². The summed E-state index contributed by atoms with van der Waals surface area (Å²) < 4.78 is 13.7. The van der Waals surface area contributed by atoms with Gasteiger partial charge < -0.3 is 14.5 Å². The highest BCUT2D eigenvalue weighted by atomic mass is 32.2. The number of hydrogen-bond acceptors (Lipinski definition) is 6. The van der Waals surface area contributed by atoms with Gasteiger partial charge in [0.15, 0.2) is 8.32 Å². The fraction of sp³-hybridized carbons (Fsp3) is 0.476. The smallest absolute Gasteiger partial charge is 0.351 e. The molecule has 1 N–H and O–H groups in total. The second-order valence-corrected chi connectivity index (χ2v) is 14.7. The van der Waals surface area contributed by atoms with E-state index in [9.17, 15) is 9.59 Å². The van der Waals surface area contributed by atoms with Crippen molar-refractivity contribution in [2.45, 2.75) is 50.6 Å². The molecule has 2 atom stereocenters. The fourth-order valence-corrected chi connectivity index (χ4v) is 4.76. The van der Waals surface area contributed by atoms with Crippen LogP contribution >= 0.6 is 11.8 Å². The molecule has 3 rings (SSSR count). The van der Waals surface area contributed by atoms with Crippen LogP contribution in [-0.4, -0.2) is 41.6 Å². The summed E-state index contributed by atoms with van der Waals surface area (Å²) in [6, 6.07) is 10.4. The third-order valence-corrected chi connectivity index (χ3v) is 11.1. The van der Waals surface area contributed by atoms with Gasteiger partial charge in [0.25, 0.3) is 5.91 Å². The summed E-state index contributed by atoms with van der Waals surface area (Å²) in [5.41, 5.74) is -0.0745. The fourth-order valence-electron chi connectivity index (χ4n) is 2.65. The zero-order valence-corrected chi connectivity index (χ0v) is 19.9. The molecule has 2 heterocycles. The van der Waals surface area contributed by atoms with Gasteiger partial charge in [0.1, 0.15) is 17.5 Å². The summed E-state index contributed by atoms with van der Waals surface area (Å²) in [5, 5.41) is 2.79. The molecule has 0 bridgehead atoms. The maximum absolute atomic E-state index is 12.5. The quantitative estimate of drug-likeness (QED) is 0.671. The van der Waals surface area contributed by atoms with Crippen LogP contribution in [0.4, 0.5) is 5.82 Å². The number of aromatic nitrogens is 2. The number of anilines is 1. The number of carbonyl (C=O) groups is 1. The van der Waals surface area contributed by atoms with E-state index < -0.39 is 20.2 Å². The SMILES string of the molecule is CC(C)(C)[Si](C)(C)OC[C@@H]1O[C@H](n2ccc(NC(=O)c3ccccc3)nc2=O)CS1. The maximum Gasteiger partial charge on any atom is 0.351 e. The Hall–Kier alpha value is -1.94. The highest BCUT2D eigenvalue weighted by Gasteiger charge is 2.39. The number of benzene rings is 1. The summed E-state index contributed by atoms with van der Waals surface area (Å²) in [4.78, 5) is 28.7. The van der Waals surface area contributed by atoms with Crippen molar-refractivity contribution in [1.82, 2.24) is 9.55 Å². The molecule has 2 aromatic rings. The Morgan fingerprint density at radius 3 is 2.63 bits per heavy atom. The molecule has 1 aromatic heterocycles. The molecule has 0 saturated carbocycles. The van der Waals surface area contributed by atoms with Gasteiger partial charge in [-0.3, -0.25) is 9.36 Å². The first-order valence-electron chi connectivity index (χ1n) is 9.93. The molecule has 0 spiro atoms. The second-order valence-electron chi connectivity index (χ2n) is 8.75. The Morgan fingerprint density at radius 1 is 1.30 bits per heavy atom. The minimum atomic E-state index is -1.85. The zero-order valence-electron chi connectivity index (χ0n) is 18.0. The Morgan fingerprint density at radius 2 is 2.00 bits per heavy atom. The lowest BCUT2D eigenvalue weighted by atomic mass is 10.2. The molecule has 1 fully saturated rings. The molecule has 1 saturated heterocycles. The molecule has 30 heavy (non-hydrogen) atoms. The summed E-state index contributed by atoms with van der Waals surface area (Å²) in [7, 11) is -1.85. The molecule has 1 aliphatic heterocycles. The lowest BCUT2D eigenvalue weighted by Gasteiger charge is -2.36. The second kappa shape index (κ2) is 9.05. The van der Waals surface area contributed by atoms with E-state index in [4.69, 9.17) is 9.16 Å². The molecule has 1 aliphatic rings. The predicted octanol–water partition coefficient (Wildman–Crippen LogP) is 4.11. The molecule has 0 unspecified atom stereocenters. The summed E-state index contributed by atoms with van der Waals surface area (Å²) in [5.74, 6) is 0.548. The predicted molar refractivity (Wildman–Crippen MR) is 122 cm³/mol. The number of amides is 1. The summed E-state index contributed by atoms with van der Waals surface area (Å²) >= 11 is 1.64. The Bertz CT molecular complexity index is 943. The molecule has 162 valence electrons. The Balaban J connectivity index is 1.60. The summed E-state index contributed by atoms with van der Waals surface area (Å²) in [6.45, 7) is 11.5. The van der Waals surface area contributed by atoms with Gasteiger partial charge in [-0.05, 0) is 36.3 Å². The van der Waals surface area contributed by atoms with Crippen LogP contribution in [0.5, 0.6) is 0 Å². The number of thioether (sulfide) groups is 1. The van der Waals surface area contributed by atoms with Crippen LogP contribution in [0.3, 0.4) is 0 Å². The number of ether oxygens (including phenoxy) is 1. The molecule has 0 aliphatic carbocycles. The number of nitrogens with one attached hydrogen (secondary N) is 1. The highest BCUT2D eigenvalue weighted by Crippen LogP contribution is 2.38. The van der Waals surface area contributed by atoms with Crippen molar-refractivity contribution in [1.29, 1.82) is 0 Å². The van der Waals surface area contributed by atoms with E-state index in [2.05, 4.69) is 44.2 Å². The number of rotatable bonds is 6. The molecular weight excluding hydrogens is 418 g/mol. The normalized spacial score (nSPS) is 19.6. The number of carbonyl (C=O) groups excluding carboxylic acids is 1. The van der Waals surface area contributed by atoms with Gasteiger partial charge in [0, 0.05) is 17.5 Å². The van der Waals surface area contributed by atoms with Gasteiger partial charge in [-0.15, -0.1) is 11.8 Å². The molecular formula is C21H29N3O4SSi. The monoisotopic (exact) mass is 447 g/mol. The van der Waals surface area contributed by atoms with E-state index in [-0.39, 0.29) is 22.2 Å². The molecule has 1 amide bonds. The van der Waals surface area contributed by atoms with Crippen LogP contribution in [0.25, 0.3) is 0 Å². The largest absolute Gasteiger partial charge is 0.413 e. The molecule has 1 aromatic carbocycles. The van der Waals surface area contributed by atoms with Crippen LogP contribution in [-0.2, 0) is 9.16 Å². The van der Waals surface area contributed by atoms with Gasteiger partial charge in [0.2, 0.25) is 0 Å². The van der Waals surface area contributed by atoms with E-state index in [0.717, 1.165) is 0 Å². The Labute approximate surface area is 182 Å². The van der Waals surface area contributed by atoms with Crippen LogP contribution < -0.4 is 11.0 Å². The first kappa shape index (κ1) is 22.7. The molecule has 9 heteroatoms. The highest BCUT2D eigenvalue weighted by molar-refractivity contribution is 8.00. The van der Waals surface area contributed by atoms with E-state index in [0.29, 0.717) is 17.9 Å². The van der Waals surface area contributed by atoms with Gasteiger partial charge in [-0.25, -0.2) is 4.79 Å². The van der Waals surface area contributed by atoms with E-state index in [1.807, 2.05) is 6.07 Å². The van der Waals surface area contributed by atoms with Crippen molar-refractivity contribution in [3.05, 3.63) is 58.6 Å². The van der Waals surface area contributed by atoms with Crippen molar-refractivity contribution in [3.63, 3.8) is 0 Å². The Kier molecular flexibility index (Phi) is 6.86. The standard InChI is InChI=1S/C21H29N3O4SSi/c1-21(2,3)30(4,5)27-13-18-28-17(14-29-18)24-12-11-16(23-20(24)26)22-19(25)15-9-7-6-8-10-15/h6-12,17-18H,13-14H2,1-5H3,(H,22,23,25,26)/t17-,18+/m0/s1. The van der Waals surface area contributed by atoms with Crippen molar-refractivity contribution in [2.75, 3.05) is 17.7 Å². The number of hydrogen-bond donors (Lipinski definition) is 1. The minimum Gasteiger partial charge on any atom is -0.413 e. The topological polar surface area (TPSA) is 82.4 Å². The van der Waals surface area contributed by atoms with Gasteiger partial charge in [-0.1, -0.05) is 39.0 Å². The van der Waals surface area contributed by atoms with Gasteiger partial charge in [-0.2, -0.15) is 4.98 Å². The van der Waals surface area contributed by atoms with Crippen molar-refractivity contribution >= 4 is 31.8 Å². The van der Waals surface area contributed by atoms with Crippen LogP contribution in [0.15, 0.2) is 47.4 Å². The van der Waals surface area contributed by atoms with E-state index >= 15 is 0 Å². The van der Waals surface area contributed by atoms with E-state index in [1.165, 1.54) is 4.57 Å². The average molecular weight is 448 g/mol. The summed E-state index contributed by atoms with van der Waals surface area (Å²) in [6.07, 6.45) is 1.21. The van der Waals surface area contributed by atoms with Crippen molar-refractivity contribution in [3.8, 4) is 0 Å². The lowest BCUT2D eigenvalue weighted by Crippen LogP contribution is -2.42. The van der Waals surface area contributed by atoms with Crippen LogP contribution in [0, 0.1) is 0 Å². The average Bonchev–Trinajstić information content (AvgIpc) is 3.15. The van der Waals surface area contributed by atoms with Gasteiger partial charge >= 0.3 is 5.69 Å². The minimum absolute atomic E-state index is 0.117. The van der Waals surface area contributed by atoms with Crippen molar-refractivity contribution < 1.29 is 14.0 Å². The van der Waals surface area contributed by atoms with Crippen LogP contribution in [0.2, 0.25) is 18.1 Å². The number of nitrogens with zero attached hydrogens (tertiary/aromatic N) is 2. The lowest BCUT2D eigenvalue weighted by molar-refractivity contribution is -0.00410. The third kappa shape index (κ3) is 5.40. The maximum atomic E-state index is 12.5. The van der Waals surface area contributed by atoms with Crippen LogP contribution in [0.1, 0.15) is 37.4 Å². The van der Waals surface area contributed by atoms with Crippen molar-refractivity contribution in [2.24, 2.45) is 0 Å². The van der Waals surface area contributed by atoms with Gasteiger partial charge in [0.05, 0.1) is 6.61 Å².